The lowest BCUT2D eigenvalue weighted by Crippen LogP contribution is -2.26. The van der Waals surface area contributed by atoms with Crippen molar-refractivity contribution >= 4 is 15.9 Å². The standard InChI is InChI=1S/C16H22BrN3O/c1-11-5-4-6-14(9-11)21-8-7-13(18)10-15-16(17)12(2)19-20(15)3/h4-6,9,13H,7-8,10,18H2,1-3H3. The first kappa shape index (κ1) is 16.0. The van der Waals surface area contributed by atoms with Crippen LogP contribution in [0.15, 0.2) is 28.7 Å². The van der Waals surface area contributed by atoms with Gasteiger partial charge in [-0.3, -0.25) is 4.68 Å². The topological polar surface area (TPSA) is 53.1 Å². The Morgan fingerprint density at radius 3 is 2.76 bits per heavy atom. The van der Waals surface area contributed by atoms with Gasteiger partial charge in [0.2, 0.25) is 0 Å². The maximum atomic E-state index is 6.20. The van der Waals surface area contributed by atoms with Crippen LogP contribution in [0.3, 0.4) is 0 Å². The highest BCUT2D eigenvalue weighted by Crippen LogP contribution is 2.21. The maximum absolute atomic E-state index is 6.20. The number of rotatable bonds is 6. The summed E-state index contributed by atoms with van der Waals surface area (Å²) < 4.78 is 8.69. The number of aryl methyl sites for hydroxylation is 3. The average Bonchev–Trinajstić information content (AvgIpc) is 2.65. The van der Waals surface area contributed by atoms with Gasteiger partial charge in [0.1, 0.15) is 5.75 Å². The molecule has 2 rings (SSSR count). The first-order valence-electron chi connectivity index (χ1n) is 7.10. The van der Waals surface area contributed by atoms with Gasteiger partial charge >= 0.3 is 0 Å². The molecule has 0 aliphatic carbocycles. The quantitative estimate of drug-likeness (QED) is 0.869. The van der Waals surface area contributed by atoms with E-state index in [4.69, 9.17) is 10.5 Å². The van der Waals surface area contributed by atoms with Crippen molar-refractivity contribution in [1.82, 2.24) is 9.78 Å². The molecule has 21 heavy (non-hydrogen) atoms. The number of ether oxygens (including phenoxy) is 1. The Morgan fingerprint density at radius 2 is 2.14 bits per heavy atom. The molecule has 0 spiro atoms. The Morgan fingerprint density at radius 1 is 1.38 bits per heavy atom. The van der Waals surface area contributed by atoms with Crippen LogP contribution in [0.2, 0.25) is 0 Å². The maximum Gasteiger partial charge on any atom is 0.119 e. The smallest absolute Gasteiger partial charge is 0.119 e. The van der Waals surface area contributed by atoms with Gasteiger partial charge in [0.15, 0.2) is 0 Å². The summed E-state index contributed by atoms with van der Waals surface area (Å²) in [6.45, 7) is 4.67. The molecule has 0 aliphatic heterocycles. The molecule has 0 aliphatic rings. The van der Waals surface area contributed by atoms with Gasteiger partial charge in [-0.15, -0.1) is 0 Å². The zero-order valence-electron chi connectivity index (χ0n) is 12.8. The van der Waals surface area contributed by atoms with E-state index in [0.717, 1.165) is 34.5 Å². The lowest BCUT2D eigenvalue weighted by Gasteiger charge is -2.13. The van der Waals surface area contributed by atoms with Crippen LogP contribution in [-0.4, -0.2) is 22.4 Å². The van der Waals surface area contributed by atoms with E-state index in [1.54, 1.807) is 0 Å². The van der Waals surface area contributed by atoms with Gasteiger partial charge in [-0.05, 0) is 53.9 Å². The first-order chi connectivity index (χ1) is 9.97. The average molecular weight is 352 g/mol. The third-order valence-corrected chi connectivity index (χ3v) is 4.50. The predicted octanol–water partition coefficient (Wildman–Crippen LogP) is 3.14. The van der Waals surface area contributed by atoms with Crippen LogP contribution >= 0.6 is 15.9 Å². The van der Waals surface area contributed by atoms with Crippen LogP contribution < -0.4 is 10.5 Å². The predicted molar refractivity (Wildman–Crippen MR) is 88.6 cm³/mol. The normalized spacial score (nSPS) is 12.4. The molecule has 1 aromatic carbocycles. The highest BCUT2D eigenvalue weighted by atomic mass is 79.9. The SMILES string of the molecule is Cc1cccc(OCCC(N)Cc2c(Br)c(C)nn2C)c1. The fourth-order valence-corrected chi connectivity index (χ4v) is 2.78. The Labute approximate surface area is 134 Å². The van der Waals surface area contributed by atoms with E-state index in [9.17, 15) is 0 Å². The second-order valence-corrected chi connectivity index (χ2v) is 6.18. The van der Waals surface area contributed by atoms with Crippen molar-refractivity contribution in [2.75, 3.05) is 6.61 Å². The molecule has 1 heterocycles. The largest absolute Gasteiger partial charge is 0.494 e. The molecule has 0 radical (unpaired) electrons. The minimum atomic E-state index is 0.0564. The molecule has 1 unspecified atom stereocenters. The molecule has 0 saturated heterocycles. The number of aromatic nitrogens is 2. The van der Waals surface area contributed by atoms with Gasteiger partial charge in [-0.2, -0.15) is 5.10 Å². The van der Waals surface area contributed by atoms with Crippen LogP contribution in [0.25, 0.3) is 0 Å². The summed E-state index contributed by atoms with van der Waals surface area (Å²) in [5, 5.41) is 4.38. The Bertz CT molecular complexity index is 610. The van der Waals surface area contributed by atoms with Crippen LogP contribution in [0.5, 0.6) is 5.75 Å². The van der Waals surface area contributed by atoms with E-state index in [1.165, 1.54) is 5.56 Å². The van der Waals surface area contributed by atoms with E-state index < -0.39 is 0 Å². The third kappa shape index (κ3) is 4.32. The number of nitrogens with two attached hydrogens (primary N) is 1. The summed E-state index contributed by atoms with van der Waals surface area (Å²) in [6, 6.07) is 8.12. The summed E-state index contributed by atoms with van der Waals surface area (Å²) >= 11 is 3.57. The van der Waals surface area contributed by atoms with Crippen LogP contribution in [0, 0.1) is 13.8 Å². The second kappa shape index (κ2) is 7.09. The highest BCUT2D eigenvalue weighted by molar-refractivity contribution is 9.10. The van der Waals surface area contributed by atoms with E-state index in [-0.39, 0.29) is 6.04 Å². The van der Waals surface area contributed by atoms with Gasteiger partial charge < -0.3 is 10.5 Å². The Hall–Kier alpha value is -1.33. The lowest BCUT2D eigenvalue weighted by molar-refractivity contribution is 0.296. The number of hydrogen-bond donors (Lipinski definition) is 1. The molecular weight excluding hydrogens is 330 g/mol. The van der Waals surface area contributed by atoms with Gasteiger partial charge in [0.05, 0.1) is 22.5 Å². The zero-order chi connectivity index (χ0) is 15.4. The molecule has 2 aromatic rings. The molecule has 0 amide bonds. The van der Waals surface area contributed by atoms with E-state index in [1.807, 2.05) is 36.9 Å². The fraction of sp³-hybridized carbons (Fsp3) is 0.438. The number of benzene rings is 1. The Balaban J connectivity index is 1.83. The third-order valence-electron chi connectivity index (χ3n) is 3.46. The summed E-state index contributed by atoms with van der Waals surface area (Å²) in [4.78, 5) is 0. The summed E-state index contributed by atoms with van der Waals surface area (Å²) in [7, 11) is 1.95. The molecular formula is C16H22BrN3O. The minimum Gasteiger partial charge on any atom is -0.494 e. The molecule has 1 atom stereocenters. The second-order valence-electron chi connectivity index (χ2n) is 5.39. The van der Waals surface area contributed by atoms with Crippen molar-refractivity contribution in [2.24, 2.45) is 12.8 Å². The van der Waals surface area contributed by atoms with Crippen molar-refractivity contribution in [1.29, 1.82) is 0 Å². The molecule has 0 bridgehead atoms. The van der Waals surface area contributed by atoms with Gasteiger partial charge in [0, 0.05) is 19.5 Å². The van der Waals surface area contributed by atoms with E-state index >= 15 is 0 Å². The highest BCUT2D eigenvalue weighted by Gasteiger charge is 2.14. The molecule has 0 saturated carbocycles. The molecule has 0 fully saturated rings. The number of halogens is 1. The molecule has 1 aromatic heterocycles. The first-order valence-corrected chi connectivity index (χ1v) is 7.89. The fourth-order valence-electron chi connectivity index (χ4n) is 2.29. The summed E-state index contributed by atoms with van der Waals surface area (Å²) in [5.74, 6) is 0.903. The molecule has 5 heteroatoms. The van der Waals surface area contributed by atoms with E-state index in [0.29, 0.717) is 6.61 Å². The number of nitrogens with zero attached hydrogens (tertiary/aromatic N) is 2. The zero-order valence-corrected chi connectivity index (χ0v) is 14.4. The van der Waals surface area contributed by atoms with Crippen molar-refractivity contribution in [3.05, 3.63) is 45.7 Å². The van der Waals surface area contributed by atoms with Crippen molar-refractivity contribution < 1.29 is 4.74 Å². The van der Waals surface area contributed by atoms with Crippen molar-refractivity contribution in [2.45, 2.75) is 32.7 Å². The summed E-state index contributed by atoms with van der Waals surface area (Å²) in [6.07, 6.45) is 1.60. The van der Waals surface area contributed by atoms with E-state index in [2.05, 4.69) is 34.0 Å². The van der Waals surface area contributed by atoms with Crippen LogP contribution in [0.1, 0.15) is 23.4 Å². The van der Waals surface area contributed by atoms with Crippen LogP contribution in [0.4, 0.5) is 0 Å². The van der Waals surface area contributed by atoms with Gasteiger partial charge in [-0.25, -0.2) is 0 Å². The van der Waals surface area contributed by atoms with Gasteiger partial charge in [0.25, 0.3) is 0 Å². The summed E-state index contributed by atoms with van der Waals surface area (Å²) in [5.41, 5.74) is 9.54. The Kier molecular flexibility index (Phi) is 5.42. The monoisotopic (exact) mass is 351 g/mol. The molecule has 114 valence electrons. The van der Waals surface area contributed by atoms with Crippen molar-refractivity contribution in [3.8, 4) is 5.75 Å². The minimum absolute atomic E-state index is 0.0564. The molecule has 4 nitrogen and oxygen atoms in total. The lowest BCUT2D eigenvalue weighted by atomic mass is 10.1. The van der Waals surface area contributed by atoms with Gasteiger partial charge in [-0.1, -0.05) is 12.1 Å². The molecule has 2 N–H and O–H groups in total. The number of hydrogen-bond acceptors (Lipinski definition) is 3. The van der Waals surface area contributed by atoms with Crippen LogP contribution in [-0.2, 0) is 13.5 Å². The van der Waals surface area contributed by atoms with Crippen molar-refractivity contribution in [3.63, 3.8) is 0 Å².